The van der Waals surface area contributed by atoms with E-state index in [1.165, 1.54) is 0 Å². The van der Waals surface area contributed by atoms with E-state index in [4.69, 9.17) is 14.7 Å². The topological polar surface area (TPSA) is 64.3 Å². The molecule has 2 heterocycles. The molecule has 0 saturated heterocycles. The van der Waals surface area contributed by atoms with Gasteiger partial charge in [0, 0.05) is 6.42 Å². The Morgan fingerprint density at radius 3 is 2.80 bits per heavy atom. The Balaban J connectivity index is 2.11. The summed E-state index contributed by atoms with van der Waals surface area (Å²) < 4.78 is 11.4. The minimum Gasteiger partial charge on any atom is -0.469 e. The molecule has 2 aromatic heterocycles. The summed E-state index contributed by atoms with van der Waals surface area (Å²) in [6.45, 7) is 0. The maximum atomic E-state index is 5.46. The van der Waals surface area contributed by atoms with Gasteiger partial charge in [-0.3, -0.25) is 5.84 Å². The Labute approximate surface area is 95.5 Å². The largest absolute Gasteiger partial charge is 0.469 e. The Kier molecular flexibility index (Phi) is 3.25. The highest BCUT2D eigenvalue weighted by Crippen LogP contribution is 2.22. The number of halogens is 1. The van der Waals surface area contributed by atoms with E-state index in [9.17, 15) is 0 Å². The standard InChI is InChI=1S/C10H11BrN2O2/c11-10-4-3-9(15-10)8(13-12)6-7-2-1-5-14-7/h1-5,8,13H,6,12H2. The summed E-state index contributed by atoms with van der Waals surface area (Å²) in [7, 11) is 0. The van der Waals surface area contributed by atoms with Crippen molar-refractivity contribution in [2.24, 2.45) is 5.84 Å². The average molecular weight is 271 g/mol. The van der Waals surface area contributed by atoms with Crippen LogP contribution in [-0.2, 0) is 6.42 Å². The maximum absolute atomic E-state index is 5.46. The smallest absolute Gasteiger partial charge is 0.169 e. The zero-order chi connectivity index (χ0) is 10.7. The molecule has 0 radical (unpaired) electrons. The molecule has 0 fully saturated rings. The van der Waals surface area contributed by atoms with Crippen LogP contribution in [0.5, 0.6) is 0 Å². The predicted octanol–water partition coefficient (Wildman–Crippen LogP) is 2.38. The molecule has 0 aliphatic rings. The molecule has 1 unspecified atom stereocenters. The van der Waals surface area contributed by atoms with Crippen molar-refractivity contribution < 1.29 is 8.83 Å². The maximum Gasteiger partial charge on any atom is 0.169 e. The summed E-state index contributed by atoms with van der Waals surface area (Å²) in [5.74, 6) is 7.11. The third-order valence-corrected chi connectivity index (χ3v) is 2.55. The minimum atomic E-state index is -0.0811. The summed E-state index contributed by atoms with van der Waals surface area (Å²) in [6.07, 6.45) is 2.30. The van der Waals surface area contributed by atoms with Crippen molar-refractivity contribution >= 4 is 15.9 Å². The lowest BCUT2D eigenvalue weighted by Gasteiger charge is -2.11. The molecule has 4 nitrogen and oxygen atoms in total. The Morgan fingerprint density at radius 2 is 2.27 bits per heavy atom. The van der Waals surface area contributed by atoms with Gasteiger partial charge < -0.3 is 8.83 Å². The summed E-state index contributed by atoms with van der Waals surface area (Å²) >= 11 is 3.25. The molecular weight excluding hydrogens is 260 g/mol. The van der Waals surface area contributed by atoms with E-state index in [0.29, 0.717) is 11.1 Å². The molecule has 0 spiro atoms. The lowest BCUT2D eigenvalue weighted by molar-refractivity contribution is 0.381. The van der Waals surface area contributed by atoms with E-state index in [1.54, 1.807) is 6.26 Å². The highest BCUT2D eigenvalue weighted by molar-refractivity contribution is 9.10. The van der Waals surface area contributed by atoms with Crippen LogP contribution in [-0.4, -0.2) is 0 Å². The first kappa shape index (κ1) is 10.5. The first-order chi connectivity index (χ1) is 7.29. The molecule has 0 aromatic carbocycles. The van der Waals surface area contributed by atoms with Crippen LogP contribution in [0.1, 0.15) is 17.6 Å². The zero-order valence-corrected chi connectivity index (χ0v) is 9.53. The number of rotatable bonds is 4. The van der Waals surface area contributed by atoms with Gasteiger partial charge in [0.1, 0.15) is 11.5 Å². The van der Waals surface area contributed by atoms with Gasteiger partial charge in [-0.25, -0.2) is 5.43 Å². The van der Waals surface area contributed by atoms with Crippen LogP contribution in [0.2, 0.25) is 0 Å². The van der Waals surface area contributed by atoms with E-state index in [0.717, 1.165) is 11.5 Å². The van der Waals surface area contributed by atoms with Crippen molar-refractivity contribution in [1.82, 2.24) is 5.43 Å². The third kappa shape index (κ3) is 2.50. The molecule has 2 aromatic rings. The average Bonchev–Trinajstić information content (AvgIpc) is 2.85. The molecule has 15 heavy (non-hydrogen) atoms. The van der Waals surface area contributed by atoms with Crippen molar-refractivity contribution in [2.75, 3.05) is 0 Å². The number of hydrogen-bond donors (Lipinski definition) is 2. The van der Waals surface area contributed by atoms with Crippen LogP contribution in [0.15, 0.2) is 44.0 Å². The molecular formula is C10H11BrN2O2. The second-order valence-corrected chi connectivity index (χ2v) is 3.93. The number of hydrogen-bond acceptors (Lipinski definition) is 4. The normalized spacial score (nSPS) is 12.9. The number of nitrogens with one attached hydrogen (secondary N) is 1. The number of hydrazine groups is 1. The molecule has 80 valence electrons. The molecule has 5 heteroatoms. The van der Waals surface area contributed by atoms with Gasteiger partial charge in [0.05, 0.1) is 12.3 Å². The van der Waals surface area contributed by atoms with E-state index >= 15 is 0 Å². The summed E-state index contributed by atoms with van der Waals surface area (Å²) in [6, 6.07) is 7.38. The van der Waals surface area contributed by atoms with Gasteiger partial charge >= 0.3 is 0 Å². The van der Waals surface area contributed by atoms with Crippen molar-refractivity contribution in [3.8, 4) is 0 Å². The molecule has 2 rings (SSSR count). The van der Waals surface area contributed by atoms with Gasteiger partial charge in [-0.2, -0.15) is 0 Å². The summed E-state index contributed by atoms with van der Waals surface area (Å²) in [4.78, 5) is 0. The van der Waals surface area contributed by atoms with Crippen LogP contribution < -0.4 is 11.3 Å². The zero-order valence-electron chi connectivity index (χ0n) is 7.94. The van der Waals surface area contributed by atoms with Crippen molar-refractivity contribution in [3.05, 3.63) is 46.7 Å². The fraction of sp³-hybridized carbons (Fsp3) is 0.200. The monoisotopic (exact) mass is 270 g/mol. The van der Waals surface area contributed by atoms with Crippen molar-refractivity contribution in [2.45, 2.75) is 12.5 Å². The highest BCUT2D eigenvalue weighted by atomic mass is 79.9. The molecule has 0 aliphatic carbocycles. The Bertz CT molecular complexity index is 411. The fourth-order valence-electron chi connectivity index (χ4n) is 1.39. The second kappa shape index (κ2) is 4.65. The van der Waals surface area contributed by atoms with Gasteiger partial charge in [-0.15, -0.1) is 0 Å². The molecule has 0 bridgehead atoms. The van der Waals surface area contributed by atoms with E-state index in [1.807, 2.05) is 24.3 Å². The van der Waals surface area contributed by atoms with Crippen LogP contribution in [0.25, 0.3) is 0 Å². The lowest BCUT2D eigenvalue weighted by atomic mass is 10.1. The summed E-state index contributed by atoms with van der Waals surface area (Å²) in [5.41, 5.74) is 2.70. The molecule has 1 atom stereocenters. The van der Waals surface area contributed by atoms with Crippen molar-refractivity contribution in [3.63, 3.8) is 0 Å². The minimum absolute atomic E-state index is 0.0811. The van der Waals surface area contributed by atoms with Gasteiger partial charge in [-0.05, 0) is 40.2 Å². The number of furan rings is 2. The van der Waals surface area contributed by atoms with Gasteiger partial charge in [0.25, 0.3) is 0 Å². The van der Waals surface area contributed by atoms with E-state index < -0.39 is 0 Å². The molecule has 0 aliphatic heterocycles. The van der Waals surface area contributed by atoms with Crippen LogP contribution in [0.3, 0.4) is 0 Å². The van der Waals surface area contributed by atoms with E-state index in [-0.39, 0.29) is 6.04 Å². The highest BCUT2D eigenvalue weighted by Gasteiger charge is 2.15. The quantitative estimate of drug-likeness (QED) is 0.662. The van der Waals surface area contributed by atoms with E-state index in [2.05, 4.69) is 21.4 Å². The van der Waals surface area contributed by atoms with Gasteiger partial charge in [0.15, 0.2) is 4.67 Å². The van der Waals surface area contributed by atoms with Crippen LogP contribution >= 0.6 is 15.9 Å². The lowest BCUT2D eigenvalue weighted by Crippen LogP contribution is -2.29. The Hall–Kier alpha value is -1.04. The van der Waals surface area contributed by atoms with Gasteiger partial charge in [-0.1, -0.05) is 0 Å². The molecule has 3 N–H and O–H groups in total. The third-order valence-electron chi connectivity index (χ3n) is 2.12. The second-order valence-electron chi connectivity index (χ2n) is 3.14. The van der Waals surface area contributed by atoms with Crippen LogP contribution in [0, 0.1) is 0 Å². The number of nitrogens with two attached hydrogens (primary N) is 1. The van der Waals surface area contributed by atoms with Crippen LogP contribution in [0.4, 0.5) is 0 Å². The predicted molar refractivity (Wildman–Crippen MR) is 58.9 cm³/mol. The molecule has 0 amide bonds. The first-order valence-electron chi connectivity index (χ1n) is 4.53. The summed E-state index contributed by atoms with van der Waals surface area (Å²) in [5, 5.41) is 0. The van der Waals surface area contributed by atoms with Gasteiger partial charge in [0.2, 0.25) is 0 Å². The SMILES string of the molecule is NNC(Cc1ccco1)c1ccc(Br)o1. The Morgan fingerprint density at radius 1 is 1.40 bits per heavy atom. The molecule has 0 saturated carbocycles. The fourth-order valence-corrected chi connectivity index (χ4v) is 1.71. The first-order valence-corrected chi connectivity index (χ1v) is 5.32. The van der Waals surface area contributed by atoms with Crippen molar-refractivity contribution in [1.29, 1.82) is 0 Å².